The molecule has 31 heavy (non-hydrogen) atoms. The van der Waals surface area contributed by atoms with Crippen LogP contribution < -0.4 is 9.64 Å². The monoisotopic (exact) mass is 422 g/mol. The molecule has 2 aromatic heterocycles. The Morgan fingerprint density at radius 3 is 2.58 bits per heavy atom. The predicted octanol–water partition coefficient (Wildman–Crippen LogP) is 2.78. The Bertz CT molecular complexity index is 940. The number of rotatable bonds is 9. The molecule has 1 aliphatic rings. The van der Waals surface area contributed by atoms with Crippen LogP contribution in [0.15, 0.2) is 53.3 Å². The molecular formula is C23H30N6O2. The van der Waals surface area contributed by atoms with E-state index in [9.17, 15) is 0 Å². The highest BCUT2D eigenvalue weighted by Gasteiger charge is 2.19. The van der Waals surface area contributed by atoms with Crippen molar-refractivity contribution in [3.8, 4) is 17.0 Å². The van der Waals surface area contributed by atoms with Gasteiger partial charge in [0.25, 0.3) is 0 Å². The lowest BCUT2D eigenvalue weighted by Gasteiger charge is -2.35. The highest BCUT2D eigenvalue weighted by atomic mass is 16.5. The van der Waals surface area contributed by atoms with Crippen LogP contribution in [0.25, 0.3) is 11.3 Å². The van der Waals surface area contributed by atoms with Gasteiger partial charge in [-0.15, -0.1) is 0 Å². The molecule has 3 heterocycles. The van der Waals surface area contributed by atoms with E-state index in [2.05, 4.69) is 36.7 Å². The molecule has 8 heteroatoms. The SMILES string of the molecule is CCN(CCN1CCN(c2ncccn2)CC1)Cc1cc(-c2ccccc2OC)no1. The predicted molar refractivity (Wildman–Crippen MR) is 120 cm³/mol. The summed E-state index contributed by atoms with van der Waals surface area (Å²) in [6.07, 6.45) is 3.60. The lowest BCUT2D eigenvalue weighted by molar-refractivity contribution is 0.184. The van der Waals surface area contributed by atoms with E-state index in [0.717, 1.165) is 81.1 Å². The van der Waals surface area contributed by atoms with Crippen LogP contribution >= 0.6 is 0 Å². The van der Waals surface area contributed by atoms with Crippen molar-refractivity contribution in [2.75, 3.05) is 57.8 Å². The minimum Gasteiger partial charge on any atom is -0.496 e. The van der Waals surface area contributed by atoms with Gasteiger partial charge in [-0.05, 0) is 24.7 Å². The third-order valence-electron chi connectivity index (χ3n) is 5.71. The van der Waals surface area contributed by atoms with Gasteiger partial charge in [0.05, 0.1) is 13.7 Å². The zero-order valence-corrected chi connectivity index (χ0v) is 18.3. The number of piperazine rings is 1. The summed E-state index contributed by atoms with van der Waals surface area (Å²) in [5, 5.41) is 4.26. The standard InChI is InChI=1S/C23H30N6O2/c1-3-27(11-12-28-13-15-29(16-14-28)23-24-9-6-10-25-23)18-19-17-21(26-31-19)20-7-4-5-8-22(20)30-2/h4-10,17H,3,11-16,18H2,1-2H3. The highest BCUT2D eigenvalue weighted by Crippen LogP contribution is 2.29. The maximum absolute atomic E-state index is 5.62. The number of aromatic nitrogens is 3. The van der Waals surface area contributed by atoms with Crippen LogP contribution in [-0.4, -0.2) is 77.8 Å². The van der Waals surface area contributed by atoms with Gasteiger partial charge in [0.15, 0.2) is 5.76 Å². The van der Waals surface area contributed by atoms with Crippen LogP contribution in [0.2, 0.25) is 0 Å². The molecule has 0 spiro atoms. The lowest BCUT2D eigenvalue weighted by Crippen LogP contribution is -2.48. The van der Waals surface area contributed by atoms with E-state index in [0.29, 0.717) is 0 Å². The molecule has 0 amide bonds. The molecular weight excluding hydrogens is 392 g/mol. The van der Waals surface area contributed by atoms with Crippen molar-refractivity contribution in [3.63, 3.8) is 0 Å². The molecule has 0 saturated carbocycles. The van der Waals surface area contributed by atoms with Crippen molar-refractivity contribution < 1.29 is 9.26 Å². The van der Waals surface area contributed by atoms with Gasteiger partial charge in [-0.1, -0.05) is 24.2 Å². The van der Waals surface area contributed by atoms with Gasteiger partial charge in [0.1, 0.15) is 11.4 Å². The molecule has 164 valence electrons. The molecule has 4 rings (SSSR count). The van der Waals surface area contributed by atoms with Gasteiger partial charge in [0, 0.05) is 63.3 Å². The van der Waals surface area contributed by atoms with Crippen LogP contribution in [0.3, 0.4) is 0 Å². The average molecular weight is 423 g/mol. The first-order valence-electron chi connectivity index (χ1n) is 10.8. The summed E-state index contributed by atoms with van der Waals surface area (Å²) < 4.78 is 11.1. The third kappa shape index (κ3) is 5.39. The number of ether oxygens (including phenoxy) is 1. The number of nitrogens with zero attached hydrogens (tertiary/aromatic N) is 6. The number of anilines is 1. The van der Waals surface area contributed by atoms with E-state index < -0.39 is 0 Å². The molecule has 0 aliphatic carbocycles. The summed E-state index contributed by atoms with van der Waals surface area (Å²) in [5.41, 5.74) is 1.76. The first-order chi connectivity index (χ1) is 15.3. The Labute approximate surface area is 183 Å². The minimum absolute atomic E-state index is 0.746. The molecule has 0 N–H and O–H groups in total. The molecule has 0 radical (unpaired) electrons. The molecule has 1 aromatic carbocycles. The van der Waals surface area contributed by atoms with Crippen LogP contribution in [0.1, 0.15) is 12.7 Å². The molecule has 3 aromatic rings. The quantitative estimate of drug-likeness (QED) is 0.521. The van der Waals surface area contributed by atoms with E-state index in [4.69, 9.17) is 9.26 Å². The lowest BCUT2D eigenvalue weighted by atomic mass is 10.1. The summed E-state index contributed by atoms with van der Waals surface area (Å²) in [6, 6.07) is 11.7. The third-order valence-corrected chi connectivity index (χ3v) is 5.71. The number of hydrogen-bond acceptors (Lipinski definition) is 8. The van der Waals surface area contributed by atoms with Crippen molar-refractivity contribution in [2.24, 2.45) is 0 Å². The van der Waals surface area contributed by atoms with Crippen molar-refractivity contribution in [1.82, 2.24) is 24.9 Å². The summed E-state index contributed by atoms with van der Waals surface area (Å²) >= 11 is 0. The van der Waals surface area contributed by atoms with Crippen LogP contribution in [0.5, 0.6) is 5.75 Å². The number of methoxy groups -OCH3 is 1. The van der Waals surface area contributed by atoms with E-state index in [1.165, 1.54) is 0 Å². The summed E-state index contributed by atoms with van der Waals surface area (Å²) in [5.74, 6) is 2.50. The fourth-order valence-corrected chi connectivity index (χ4v) is 3.85. The highest BCUT2D eigenvalue weighted by molar-refractivity contribution is 5.66. The van der Waals surface area contributed by atoms with Gasteiger partial charge < -0.3 is 14.2 Å². The Hall–Kier alpha value is -2.97. The second kappa shape index (κ2) is 10.4. The normalized spacial score (nSPS) is 14.9. The van der Waals surface area contributed by atoms with Crippen LogP contribution in [0, 0.1) is 0 Å². The molecule has 1 fully saturated rings. The first kappa shape index (κ1) is 21.3. The smallest absolute Gasteiger partial charge is 0.225 e. The maximum Gasteiger partial charge on any atom is 0.225 e. The second-order valence-electron chi connectivity index (χ2n) is 7.62. The Balaban J connectivity index is 1.27. The van der Waals surface area contributed by atoms with Gasteiger partial charge in [-0.25, -0.2) is 9.97 Å². The fourth-order valence-electron chi connectivity index (χ4n) is 3.85. The Morgan fingerprint density at radius 1 is 1.06 bits per heavy atom. The van der Waals surface area contributed by atoms with Crippen molar-refractivity contribution >= 4 is 5.95 Å². The number of hydrogen-bond donors (Lipinski definition) is 0. The largest absolute Gasteiger partial charge is 0.496 e. The van der Waals surface area contributed by atoms with Crippen molar-refractivity contribution in [3.05, 3.63) is 54.6 Å². The number of likely N-dealkylation sites (N-methyl/N-ethyl adjacent to an activating group) is 1. The van der Waals surface area contributed by atoms with E-state index in [-0.39, 0.29) is 0 Å². The van der Waals surface area contributed by atoms with Gasteiger partial charge in [-0.3, -0.25) is 9.80 Å². The van der Waals surface area contributed by atoms with Gasteiger partial charge in [0.2, 0.25) is 5.95 Å². The first-order valence-corrected chi connectivity index (χ1v) is 10.8. The maximum atomic E-state index is 5.62. The molecule has 8 nitrogen and oxygen atoms in total. The summed E-state index contributed by atoms with van der Waals surface area (Å²) in [7, 11) is 1.67. The molecule has 0 atom stereocenters. The topological polar surface area (TPSA) is 70.8 Å². The van der Waals surface area contributed by atoms with Gasteiger partial charge in [-0.2, -0.15) is 0 Å². The van der Waals surface area contributed by atoms with E-state index in [1.807, 2.05) is 36.4 Å². The zero-order valence-electron chi connectivity index (χ0n) is 18.3. The number of benzene rings is 1. The minimum atomic E-state index is 0.746. The fraction of sp³-hybridized carbons (Fsp3) is 0.435. The van der Waals surface area contributed by atoms with Gasteiger partial charge >= 0.3 is 0 Å². The molecule has 0 bridgehead atoms. The van der Waals surface area contributed by atoms with Crippen molar-refractivity contribution in [1.29, 1.82) is 0 Å². The average Bonchev–Trinajstić information content (AvgIpc) is 3.31. The molecule has 1 saturated heterocycles. The molecule has 1 aliphatic heterocycles. The molecule has 0 unspecified atom stereocenters. The summed E-state index contributed by atoms with van der Waals surface area (Å²) in [6.45, 7) is 9.88. The Morgan fingerprint density at radius 2 is 1.84 bits per heavy atom. The number of para-hydroxylation sites is 1. The van der Waals surface area contributed by atoms with E-state index >= 15 is 0 Å². The van der Waals surface area contributed by atoms with Crippen molar-refractivity contribution in [2.45, 2.75) is 13.5 Å². The van der Waals surface area contributed by atoms with Crippen LogP contribution in [0.4, 0.5) is 5.95 Å². The Kier molecular flexibility index (Phi) is 7.11. The van der Waals surface area contributed by atoms with Crippen LogP contribution in [-0.2, 0) is 6.54 Å². The second-order valence-corrected chi connectivity index (χ2v) is 7.62. The zero-order chi connectivity index (χ0) is 21.5. The summed E-state index contributed by atoms with van der Waals surface area (Å²) in [4.78, 5) is 15.9. The van der Waals surface area contributed by atoms with E-state index in [1.54, 1.807) is 19.5 Å².